The van der Waals surface area contributed by atoms with Gasteiger partial charge in [-0.25, -0.2) is 8.42 Å². The van der Waals surface area contributed by atoms with Crippen molar-refractivity contribution in [3.05, 3.63) is 24.2 Å². The monoisotopic (exact) mass is 339 g/mol. The molecule has 5 nitrogen and oxygen atoms in total. The molecule has 1 aromatic heterocycles. The molecule has 0 bridgehead atoms. The Hall–Kier alpha value is -1.30. The van der Waals surface area contributed by atoms with Crippen LogP contribution in [0, 0.1) is 5.92 Å². The first-order valence-corrected chi connectivity index (χ1v) is 10.4. The van der Waals surface area contributed by atoms with Crippen LogP contribution < -0.4 is 0 Å². The lowest BCUT2D eigenvalue weighted by Gasteiger charge is -2.35. The zero-order valence-electron chi connectivity index (χ0n) is 13.4. The third-order valence-corrected chi connectivity index (χ3v) is 6.90. The van der Waals surface area contributed by atoms with Gasteiger partial charge >= 0.3 is 0 Å². The Morgan fingerprint density at radius 1 is 1.22 bits per heavy atom. The van der Waals surface area contributed by atoms with Gasteiger partial charge < -0.3 is 9.32 Å². The van der Waals surface area contributed by atoms with E-state index < -0.39 is 9.84 Å². The Bertz CT molecular complexity index is 617. The maximum absolute atomic E-state index is 12.8. The van der Waals surface area contributed by atoms with E-state index in [1.807, 2.05) is 11.0 Å². The lowest BCUT2D eigenvalue weighted by Crippen LogP contribution is -2.41. The van der Waals surface area contributed by atoms with Crippen LogP contribution in [0.15, 0.2) is 23.0 Å². The average molecular weight is 339 g/mol. The van der Waals surface area contributed by atoms with Gasteiger partial charge in [0.15, 0.2) is 9.84 Å². The molecule has 3 rings (SSSR count). The van der Waals surface area contributed by atoms with Crippen molar-refractivity contribution >= 4 is 15.7 Å². The van der Waals surface area contributed by atoms with Gasteiger partial charge in [-0.2, -0.15) is 0 Å². The van der Waals surface area contributed by atoms with Crippen LogP contribution in [0.4, 0.5) is 0 Å². The highest BCUT2D eigenvalue weighted by Gasteiger charge is 2.32. The second-order valence-electron chi connectivity index (χ2n) is 6.92. The molecule has 1 aromatic rings. The summed E-state index contributed by atoms with van der Waals surface area (Å²) >= 11 is 0. The van der Waals surface area contributed by atoms with Crippen molar-refractivity contribution in [3.8, 4) is 0 Å². The molecule has 0 spiro atoms. The first-order chi connectivity index (χ1) is 11.0. The molecule has 1 amide bonds. The van der Waals surface area contributed by atoms with Gasteiger partial charge in [0.05, 0.1) is 24.0 Å². The summed E-state index contributed by atoms with van der Waals surface area (Å²) in [5.74, 6) is 0.488. The highest BCUT2D eigenvalue weighted by Crippen LogP contribution is 2.28. The molecular weight excluding hydrogens is 314 g/mol. The first-order valence-electron chi connectivity index (χ1n) is 8.54. The lowest BCUT2D eigenvalue weighted by atomic mass is 9.93. The van der Waals surface area contributed by atoms with E-state index in [4.69, 9.17) is 4.42 Å². The summed E-state index contributed by atoms with van der Waals surface area (Å²) in [5.41, 5.74) is 1.00. The molecule has 0 radical (unpaired) electrons. The summed E-state index contributed by atoms with van der Waals surface area (Å²) < 4.78 is 28.4. The molecule has 1 saturated heterocycles. The van der Waals surface area contributed by atoms with Crippen LogP contribution in [0.3, 0.4) is 0 Å². The van der Waals surface area contributed by atoms with Crippen molar-refractivity contribution in [1.29, 1.82) is 0 Å². The number of rotatable bonds is 5. The summed E-state index contributed by atoms with van der Waals surface area (Å²) in [6.07, 6.45) is 9.96. The molecule has 1 atom stereocenters. The zero-order valence-corrected chi connectivity index (χ0v) is 14.3. The van der Waals surface area contributed by atoms with E-state index in [9.17, 15) is 13.2 Å². The number of amides is 1. The fraction of sp³-hybridized carbons (Fsp3) is 0.706. The topological polar surface area (TPSA) is 67.6 Å². The second-order valence-corrected chi connectivity index (χ2v) is 9.15. The Morgan fingerprint density at radius 2 is 2.00 bits per heavy atom. The molecule has 6 heteroatoms. The van der Waals surface area contributed by atoms with Gasteiger partial charge in [-0.05, 0) is 31.2 Å². The van der Waals surface area contributed by atoms with Crippen molar-refractivity contribution in [3.63, 3.8) is 0 Å². The molecular formula is C17H25NO4S. The van der Waals surface area contributed by atoms with Crippen LogP contribution in [0.2, 0.25) is 0 Å². The largest absolute Gasteiger partial charge is 0.472 e. The fourth-order valence-electron chi connectivity index (χ4n) is 3.79. The van der Waals surface area contributed by atoms with Crippen LogP contribution >= 0.6 is 0 Å². The summed E-state index contributed by atoms with van der Waals surface area (Å²) in [5, 5.41) is 0. The van der Waals surface area contributed by atoms with Crippen molar-refractivity contribution in [2.45, 2.75) is 57.5 Å². The van der Waals surface area contributed by atoms with Crippen molar-refractivity contribution in [1.82, 2.24) is 4.90 Å². The Labute approximate surface area is 138 Å². The highest BCUT2D eigenvalue weighted by atomic mass is 32.2. The number of nitrogens with zero attached hydrogens (tertiary/aromatic N) is 1. The van der Waals surface area contributed by atoms with E-state index in [1.54, 1.807) is 12.5 Å². The molecule has 1 saturated carbocycles. The van der Waals surface area contributed by atoms with E-state index in [0.29, 0.717) is 19.4 Å². The normalized spacial score (nSPS) is 24.6. The third kappa shape index (κ3) is 4.37. The average Bonchev–Trinajstić information content (AvgIpc) is 3.15. The van der Waals surface area contributed by atoms with Crippen LogP contribution in [0.1, 0.15) is 50.5 Å². The minimum atomic E-state index is -2.93. The Morgan fingerprint density at radius 3 is 2.61 bits per heavy atom. The number of furan rings is 1. The molecule has 2 aliphatic rings. The van der Waals surface area contributed by atoms with E-state index in [0.717, 1.165) is 31.2 Å². The minimum absolute atomic E-state index is 0.0112. The summed E-state index contributed by atoms with van der Waals surface area (Å²) in [6, 6.07) is 2.17. The standard InChI is InChI=1S/C17H25NO4S/c19-17(10-14-7-9-23(20,21)13-14)18(11-15-6-8-22-12-15)16-4-2-1-3-5-16/h6,8,12,14,16H,1-5,7,9-11,13H2/t14-/m1/s1. The predicted octanol–water partition coefficient (Wildman–Crippen LogP) is 2.77. The minimum Gasteiger partial charge on any atom is -0.472 e. The number of carbonyl (C=O) groups excluding carboxylic acids is 1. The van der Waals surface area contributed by atoms with Gasteiger partial charge in [0.2, 0.25) is 5.91 Å². The number of sulfone groups is 1. The van der Waals surface area contributed by atoms with Crippen molar-refractivity contribution in [2.75, 3.05) is 11.5 Å². The smallest absolute Gasteiger partial charge is 0.223 e. The van der Waals surface area contributed by atoms with E-state index >= 15 is 0 Å². The van der Waals surface area contributed by atoms with Crippen LogP contribution in [0.5, 0.6) is 0 Å². The predicted molar refractivity (Wildman–Crippen MR) is 87.5 cm³/mol. The summed E-state index contributed by atoms with van der Waals surface area (Å²) in [7, 11) is -2.93. The van der Waals surface area contributed by atoms with E-state index in [2.05, 4.69) is 0 Å². The highest BCUT2D eigenvalue weighted by molar-refractivity contribution is 7.91. The summed E-state index contributed by atoms with van der Waals surface area (Å²) in [6.45, 7) is 0.569. The molecule has 2 heterocycles. The van der Waals surface area contributed by atoms with Gasteiger partial charge in [-0.1, -0.05) is 19.3 Å². The third-order valence-electron chi connectivity index (χ3n) is 5.06. The Balaban J connectivity index is 1.67. The van der Waals surface area contributed by atoms with Crippen LogP contribution in [-0.4, -0.2) is 36.8 Å². The number of hydrogen-bond acceptors (Lipinski definition) is 4. The van der Waals surface area contributed by atoms with Gasteiger partial charge in [0.1, 0.15) is 0 Å². The maximum Gasteiger partial charge on any atom is 0.223 e. The quantitative estimate of drug-likeness (QED) is 0.827. The van der Waals surface area contributed by atoms with Gasteiger partial charge in [-0.15, -0.1) is 0 Å². The number of carbonyl (C=O) groups is 1. The van der Waals surface area contributed by atoms with Crippen LogP contribution in [0.25, 0.3) is 0 Å². The lowest BCUT2D eigenvalue weighted by molar-refractivity contribution is -0.135. The first kappa shape index (κ1) is 16.6. The molecule has 23 heavy (non-hydrogen) atoms. The fourth-order valence-corrected chi connectivity index (χ4v) is 5.65. The van der Waals surface area contributed by atoms with Gasteiger partial charge in [0, 0.05) is 24.6 Å². The SMILES string of the molecule is O=C(C[C@H]1CCS(=O)(=O)C1)N(Cc1ccoc1)C1CCCCC1. The molecule has 128 valence electrons. The molecule has 0 aromatic carbocycles. The molecule has 0 N–H and O–H groups in total. The zero-order chi connectivity index (χ0) is 16.3. The van der Waals surface area contributed by atoms with Gasteiger partial charge in [-0.3, -0.25) is 4.79 Å². The molecule has 0 unspecified atom stereocenters. The Kier molecular flexibility index (Phi) is 5.09. The van der Waals surface area contributed by atoms with Crippen molar-refractivity contribution < 1.29 is 17.6 Å². The second kappa shape index (κ2) is 7.07. The number of hydrogen-bond donors (Lipinski definition) is 0. The van der Waals surface area contributed by atoms with Crippen molar-refractivity contribution in [2.24, 2.45) is 5.92 Å². The van der Waals surface area contributed by atoms with Crippen LogP contribution in [-0.2, 0) is 21.2 Å². The maximum atomic E-state index is 12.8. The van der Waals surface area contributed by atoms with Gasteiger partial charge in [0.25, 0.3) is 0 Å². The molecule has 1 aliphatic heterocycles. The molecule has 2 fully saturated rings. The van der Waals surface area contributed by atoms with E-state index in [1.165, 1.54) is 6.42 Å². The van der Waals surface area contributed by atoms with E-state index in [-0.39, 0.29) is 29.4 Å². The summed E-state index contributed by atoms with van der Waals surface area (Å²) in [4.78, 5) is 14.8. The molecule has 1 aliphatic carbocycles.